The molecule has 0 bridgehead atoms. The third-order valence-corrected chi connectivity index (χ3v) is 3.96. The zero-order chi connectivity index (χ0) is 18.0. The van der Waals surface area contributed by atoms with Crippen LogP contribution in [-0.2, 0) is 0 Å². The van der Waals surface area contributed by atoms with E-state index < -0.39 is 11.3 Å². The second kappa shape index (κ2) is 6.73. The maximum absolute atomic E-state index is 12.5. The average Bonchev–Trinajstić information content (AvgIpc) is 2.59. The highest BCUT2D eigenvalue weighted by molar-refractivity contribution is 6.03. The molecule has 1 amide bonds. The summed E-state index contributed by atoms with van der Waals surface area (Å²) in [6.07, 6.45) is 1.56. The van der Waals surface area contributed by atoms with Crippen molar-refractivity contribution in [2.45, 2.75) is 20.8 Å². The minimum absolute atomic E-state index is 0.135. The van der Waals surface area contributed by atoms with Crippen molar-refractivity contribution in [2.75, 3.05) is 5.32 Å². The van der Waals surface area contributed by atoms with E-state index in [4.69, 9.17) is 0 Å². The number of nitrogens with zero attached hydrogens (tertiary/aromatic N) is 2. The van der Waals surface area contributed by atoms with E-state index in [2.05, 4.69) is 10.4 Å². The molecule has 0 radical (unpaired) electrons. The summed E-state index contributed by atoms with van der Waals surface area (Å²) in [6.45, 7) is 5.84. The van der Waals surface area contributed by atoms with Crippen LogP contribution in [0, 0.1) is 20.8 Å². The van der Waals surface area contributed by atoms with Gasteiger partial charge in [-0.2, -0.15) is 5.10 Å². The van der Waals surface area contributed by atoms with E-state index >= 15 is 0 Å². The van der Waals surface area contributed by atoms with Gasteiger partial charge in [0.25, 0.3) is 5.91 Å². The van der Waals surface area contributed by atoms with Gasteiger partial charge in [0.15, 0.2) is 5.69 Å². The predicted octanol–water partition coefficient (Wildman–Crippen LogP) is 3.41. The summed E-state index contributed by atoms with van der Waals surface area (Å²) in [5.74, 6) is -0.514. The lowest BCUT2D eigenvalue weighted by molar-refractivity contribution is 0.101. The summed E-state index contributed by atoms with van der Waals surface area (Å²) in [4.78, 5) is 24.7. The highest BCUT2D eigenvalue weighted by Crippen LogP contribution is 2.17. The third kappa shape index (κ3) is 3.66. The van der Waals surface area contributed by atoms with E-state index in [-0.39, 0.29) is 5.69 Å². The van der Waals surface area contributed by atoms with Gasteiger partial charge in [0.1, 0.15) is 0 Å². The second-order valence-electron chi connectivity index (χ2n) is 6.08. The number of rotatable bonds is 3. The fourth-order valence-corrected chi connectivity index (χ4v) is 2.46. The third-order valence-electron chi connectivity index (χ3n) is 3.96. The molecule has 1 heterocycles. The van der Waals surface area contributed by atoms with Crippen molar-refractivity contribution < 1.29 is 4.79 Å². The number of hydrogen-bond acceptors (Lipinski definition) is 3. The molecule has 0 aliphatic heterocycles. The van der Waals surface area contributed by atoms with Crippen LogP contribution in [0.15, 0.2) is 59.5 Å². The standard InChI is InChI=1S/C20H19N3O2/c1-13-5-8-16(9-6-13)23-11-10-18(24)19(22-23)20(25)21-17-12-14(2)4-7-15(17)3/h4-12H,1-3H3,(H,21,25). The summed E-state index contributed by atoms with van der Waals surface area (Å²) < 4.78 is 1.53. The number of aromatic nitrogens is 2. The Kier molecular flexibility index (Phi) is 4.48. The fraction of sp³-hybridized carbons (Fsp3) is 0.150. The Balaban J connectivity index is 1.95. The molecule has 126 valence electrons. The molecule has 3 rings (SSSR count). The summed E-state index contributed by atoms with van der Waals surface area (Å²) in [7, 11) is 0. The molecule has 0 atom stereocenters. The molecule has 1 aromatic heterocycles. The first-order valence-electron chi connectivity index (χ1n) is 8.00. The first-order chi connectivity index (χ1) is 11.9. The minimum Gasteiger partial charge on any atom is -0.320 e. The highest BCUT2D eigenvalue weighted by atomic mass is 16.2. The largest absolute Gasteiger partial charge is 0.320 e. The molecule has 0 spiro atoms. The van der Waals surface area contributed by atoms with E-state index in [9.17, 15) is 9.59 Å². The summed E-state index contributed by atoms with van der Waals surface area (Å²) in [5.41, 5.74) is 3.99. The van der Waals surface area contributed by atoms with Gasteiger partial charge in [-0.05, 0) is 50.1 Å². The minimum atomic E-state index is -0.514. The van der Waals surface area contributed by atoms with E-state index in [1.807, 2.05) is 63.2 Å². The van der Waals surface area contributed by atoms with Crippen LogP contribution in [0.3, 0.4) is 0 Å². The lowest BCUT2D eigenvalue weighted by Crippen LogP contribution is -2.25. The molecular weight excluding hydrogens is 314 g/mol. The molecule has 1 N–H and O–H groups in total. The van der Waals surface area contributed by atoms with Gasteiger partial charge >= 0.3 is 0 Å². The zero-order valence-electron chi connectivity index (χ0n) is 14.4. The van der Waals surface area contributed by atoms with Crippen molar-refractivity contribution in [2.24, 2.45) is 0 Å². The average molecular weight is 333 g/mol. The molecule has 0 aliphatic rings. The van der Waals surface area contributed by atoms with Crippen LogP contribution in [0.4, 0.5) is 5.69 Å². The van der Waals surface area contributed by atoms with Gasteiger partial charge in [0.05, 0.1) is 5.69 Å². The van der Waals surface area contributed by atoms with Gasteiger partial charge in [-0.15, -0.1) is 0 Å². The number of benzene rings is 2. The van der Waals surface area contributed by atoms with Crippen LogP contribution in [0.5, 0.6) is 0 Å². The summed E-state index contributed by atoms with van der Waals surface area (Å²) in [5, 5.41) is 6.99. The molecule has 0 unspecified atom stereocenters. The van der Waals surface area contributed by atoms with Gasteiger partial charge in [-0.25, -0.2) is 4.68 Å². The van der Waals surface area contributed by atoms with Crippen molar-refractivity contribution >= 4 is 11.6 Å². The molecule has 2 aromatic carbocycles. The van der Waals surface area contributed by atoms with Crippen molar-refractivity contribution in [1.29, 1.82) is 0 Å². The van der Waals surface area contributed by atoms with Crippen LogP contribution >= 0.6 is 0 Å². The number of nitrogens with one attached hydrogen (secondary N) is 1. The smallest absolute Gasteiger partial charge is 0.280 e. The van der Waals surface area contributed by atoms with Crippen molar-refractivity contribution in [3.05, 3.63) is 87.3 Å². The summed E-state index contributed by atoms with van der Waals surface area (Å²) in [6, 6.07) is 14.8. The predicted molar refractivity (Wildman–Crippen MR) is 98.4 cm³/mol. The fourth-order valence-electron chi connectivity index (χ4n) is 2.46. The Morgan fingerprint density at radius 1 is 0.960 bits per heavy atom. The molecule has 0 fully saturated rings. The molecule has 0 saturated carbocycles. The van der Waals surface area contributed by atoms with E-state index in [0.29, 0.717) is 5.69 Å². The zero-order valence-corrected chi connectivity index (χ0v) is 14.4. The number of amides is 1. The monoisotopic (exact) mass is 333 g/mol. The quantitative estimate of drug-likeness (QED) is 0.799. The van der Waals surface area contributed by atoms with Gasteiger partial charge in [0.2, 0.25) is 5.43 Å². The summed E-state index contributed by atoms with van der Waals surface area (Å²) >= 11 is 0. The lowest BCUT2D eigenvalue weighted by atomic mass is 10.1. The Labute approximate surface area is 145 Å². The van der Waals surface area contributed by atoms with Crippen LogP contribution in [0.25, 0.3) is 5.69 Å². The Morgan fingerprint density at radius 3 is 2.36 bits per heavy atom. The Bertz CT molecular complexity index is 989. The molecular formula is C20H19N3O2. The van der Waals surface area contributed by atoms with E-state index in [1.165, 1.54) is 10.7 Å². The highest BCUT2D eigenvalue weighted by Gasteiger charge is 2.14. The molecule has 25 heavy (non-hydrogen) atoms. The molecule has 0 aliphatic carbocycles. The number of aryl methyl sites for hydroxylation is 3. The van der Waals surface area contributed by atoms with Gasteiger partial charge in [-0.3, -0.25) is 9.59 Å². The Morgan fingerprint density at radius 2 is 1.64 bits per heavy atom. The molecule has 3 aromatic rings. The van der Waals surface area contributed by atoms with Crippen LogP contribution < -0.4 is 10.7 Å². The maximum Gasteiger partial charge on any atom is 0.280 e. The Hall–Kier alpha value is -3.21. The van der Waals surface area contributed by atoms with Crippen LogP contribution in [-0.4, -0.2) is 15.7 Å². The van der Waals surface area contributed by atoms with Crippen molar-refractivity contribution in [1.82, 2.24) is 9.78 Å². The number of carbonyl (C=O) groups excluding carboxylic acids is 1. The maximum atomic E-state index is 12.5. The SMILES string of the molecule is Cc1ccc(-n2ccc(=O)c(C(=O)Nc3cc(C)ccc3C)n2)cc1. The number of anilines is 1. The van der Waals surface area contributed by atoms with Gasteiger partial charge in [-0.1, -0.05) is 29.8 Å². The molecule has 5 heteroatoms. The topological polar surface area (TPSA) is 64.0 Å². The lowest BCUT2D eigenvalue weighted by Gasteiger charge is -2.10. The normalized spacial score (nSPS) is 10.5. The van der Waals surface area contributed by atoms with Crippen LogP contribution in [0.2, 0.25) is 0 Å². The van der Waals surface area contributed by atoms with E-state index in [1.54, 1.807) is 6.20 Å². The number of carbonyl (C=O) groups is 1. The van der Waals surface area contributed by atoms with Crippen molar-refractivity contribution in [3.63, 3.8) is 0 Å². The van der Waals surface area contributed by atoms with E-state index in [0.717, 1.165) is 22.4 Å². The first-order valence-corrected chi connectivity index (χ1v) is 8.00. The molecule has 0 saturated heterocycles. The molecule has 5 nitrogen and oxygen atoms in total. The van der Waals surface area contributed by atoms with Crippen LogP contribution in [0.1, 0.15) is 27.2 Å². The number of hydrogen-bond donors (Lipinski definition) is 1. The van der Waals surface area contributed by atoms with Crippen molar-refractivity contribution in [3.8, 4) is 5.69 Å². The van der Waals surface area contributed by atoms with Gasteiger partial charge < -0.3 is 5.32 Å². The first kappa shape index (κ1) is 16.6. The van der Waals surface area contributed by atoms with Gasteiger partial charge in [0, 0.05) is 18.0 Å². The second-order valence-corrected chi connectivity index (χ2v) is 6.08.